The van der Waals surface area contributed by atoms with Crippen LogP contribution in [0.15, 0.2) is 42.5 Å². The van der Waals surface area contributed by atoms with Crippen molar-refractivity contribution in [3.63, 3.8) is 0 Å². The van der Waals surface area contributed by atoms with Gasteiger partial charge < -0.3 is 10.1 Å². The lowest BCUT2D eigenvalue weighted by atomic mass is 10.2. The van der Waals surface area contributed by atoms with Crippen molar-refractivity contribution in [2.75, 3.05) is 12.4 Å². The molecule has 1 N–H and O–H groups in total. The third-order valence-electron chi connectivity index (χ3n) is 2.45. The van der Waals surface area contributed by atoms with Crippen LogP contribution in [-0.2, 0) is 0 Å². The van der Waals surface area contributed by atoms with E-state index in [0.717, 1.165) is 5.69 Å². The van der Waals surface area contributed by atoms with Crippen molar-refractivity contribution in [1.82, 2.24) is 0 Å². The molecule has 90 valence electrons. The summed E-state index contributed by atoms with van der Waals surface area (Å²) in [6, 6.07) is 13.5. The third-order valence-corrected chi connectivity index (χ3v) is 2.45. The minimum atomic E-state index is -0.537. The van der Waals surface area contributed by atoms with Gasteiger partial charge in [0.2, 0.25) is 0 Å². The van der Waals surface area contributed by atoms with Gasteiger partial charge in [-0.05, 0) is 30.3 Å². The van der Waals surface area contributed by atoms with Crippen molar-refractivity contribution in [3.8, 4) is 11.8 Å². The number of rotatable bonds is 3. The van der Waals surface area contributed by atoms with Crippen molar-refractivity contribution in [1.29, 1.82) is 5.26 Å². The second-order valence-corrected chi connectivity index (χ2v) is 3.66. The van der Waals surface area contributed by atoms with Crippen LogP contribution >= 0.6 is 0 Å². The number of nitrogens with zero attached hydrogens (tertiary/aromatic N) is 1. The summed E-state index contributed by atoms with van der Waals surface area (Å²) in [6.45, 7) is 0. The second kappa shape index (κ2) is 5.19. The Bertz CT molecular complexity index is 605. The van der Waals surface area contributed by atoms with Crippen molar-refractivity contribution in [2.45, 2.75) is 0 Å². The molecule has 0 amide bonds. The van der Waals surface area contributed by atoms with E-state index in [-0.39, 0.29) is 5.56 Å². The minimum Gasteiger partial charge on any atom is -0.497 e. The van der Waals surface area contributed by atoms with Crippen LogP contribution < -0.4 is 10.1 Å². The fraction of sp³-hybridized carbons (Fsp3) is 0.0714. The van der Waals surface area contributed by atoms with Gasteiger partial charge in [0.25, 0.3) is 0 Å². The Labute approximate surface area is 104 Å². The van der Waals surface area contributed by atoms with Crippen LogP contribution in [0.25, 0.3) is 0 Å². The highest BCUT2D eigenvalue weighted by Gasteiger charge is 2.03. The SMILES string of the molecule is COc1cccc(Nc2ccc(C#N)c(F)c2)c1. The summed E-state index contributed by atoms with van der Waals surface area (Å²) in [5, 5.41) is 11.7. The number of nitriles is 1. The fourth-order valence-corrected chi connectivity index (χ4v) is 1.55. The molecule has 0 unspecified atom stereocenters. The van der Waals surface area contributed by atoms with E-state index in [1.54, 1.807) is 25.3 Å². The molecule has 0 spiro atoms. The molecule has 0 atom stereocenters. The van der Waals surface area contributed by atoms with Gasteiger partial charge in [0, 0.05) is 17.4 Å². The Morgan fingerprint density at radius 3 is 2.61 bits per heavy atom. The van der Waals surface area contributed by atoms with Gasteiger partial charge in [-0.25, -0.2) is 4.39 Å². The maximum atomic E-state index is 13.4. The number of hydrogen-bond acceptors (Lipinski definition) is 3. The molecule has 2 aromatic carbocycles. The molecular weight excluding hydrogens is 231 g/mol. The number of ether oxygens (including phenoxy) is 1. The van der Waals surface area contributed by atoms with Gasteiger partial charge in [-0.2, -0.15) is 5.26 Å². The Morgan fingerprint density at radius 1 is 1.17 bits per heavy atom. The monoisotopic (exact) mass is 242 g/mol. The zero-order valence-corrected chi connectivity index (χ0v) is 9.77. The van der Waals surface area contributed by atoms with Crippen molar-refractivity contribution in [2.24, 2.45) is 0 Å². The van der Waals surface area contributed by atoms with Crippen LogP contribution in [0, 0.1) is 17.1 Å². The van der Waals surface area contributed by atoms with Crippen LogP contribution in [0.5, 0.6) is 5.75 Å². The molecule has 0 aliphatic rings. The van der Waals surface area contributed by atoms with Crippen molar-refractivity contribution in [3.05, 3.63) is 53.8 Å². The average molecular weight is 242 g/mol. The predicted molar refractivity (Wildman–Crippen MR) is 67.4 cm³/mol. The molecule has 0 saturated carbocycles. The summed E-state index contributed by atoms with van der Waals surface area (Å²) >= 11 is 0. The first-order valence-electron chi connectivity index (χ1n) is 5.33. The summed E-state index contributed by atoms with van der Waals surface area (Å²) in [5.41, 5.74) is 1.41. The van der Waals surface area contributed by atoms with E-state index in [1.165, 1.54) is 12.1 Å². The topological polar surface area (TPSA) is 45.0 Å². The summed E-state index contributed by atoms with van der Waals surface area (Å²) in [4.78, 5) is 0. The maximum absolute atomic E-state index is 13.4. The summed E-state index contributed by atoms with van der Waals surface area (Å²) in [6.07, 6.45) is 0. The Kier molecular flexibility index (Phi) is 3.44. The first-order valence-corrected chi connectivity index (χ1v) is 5.33. The van der Waals surface area contributed by atoms with Gasteiger partial charge in [0.1, 0.15) is 17.6 Å². The summed E-state index contributed by atoms with van der Waals surface area (Å²) in [5.74, 6) is 0.180. The number of benzene rings is 2. The molecule has 0 saturated heterocycles. The van der Waals surface area contributed by atoms with E-state index in [2.05, 4.69) is 5.32 Å². The molecule has 2 aromatic rings. The highest BCUT2D eigenvalue weighted by Crippen LogP contribution is 2.22. The molecule has 0 bridgehead atoms. The van der Waals surface area contributed by atoms with E-state index in [9.17, 15) is 4.39 Å². The van der Waals surface area contributed by atoms with E-state index in [4.69, 9.17) is 10.00 Å². The zero-order valence-electron chi connectivity index (χ0n) is 9.77. The van der Waals surface area contributed by atoms with Gasteiger partial charge >= 0.3 is 0 Å². The number of nitrogens with one attached hydrogen (secondary N) is 1. The van der Waals surface area contributed by atoms with Crippen LogP contribution in [0.3, 0.4) is 0 Å². The molecule has 2 rings (SSSR count). The molecule has 18 heavy (non-hydrogen) atoms. The number of anilines is 2. The highest BCUT2D eigenvalue weighted by atomic mass is 19.1. The molecule has 3 nitrogen and oxygen atoms in total. The number of hydrogen-bond donors (Lipinski definition) is 1. The fourth-order valence-electron chi connectivity index (χ4n) is 1.55. The first kappa shape index (κ1) is 11.9. The van der Waals surface area contributed by atoms with Crippen LogP contribution in [-0.4, -0.2) is 7.11 Å². The molecule has 0 heterocycles. The minimum absolute atomic E-state index is 0.0335. The molecule has 0 aliphatic heterocycles. The van der Waals surface area contributed by atoms with Gasteiger partial charge in [-0.3, -0.25) is 0 Å². The number of methoxy groups -OCH3 is 1. The summed E-state index contributed by atoms with van der Waals surface area (Å²) < 4.78 is 18.5. The standard InChI is InChI=1S/C14H11FN2O/c1-18-13-4-2-3-11(7-13)17-12-6-5-10(9-16)14(15)8-12/h2-8,17H,1H3. The van der Waals surface area contributed by atoms with Gasteiger partial charge in [-0.1, -0.05) is 6.07 Å². The van der Waals surface area contributed by atoms with E-state index in [1.807, 2.05) is 18.2 Å². The van der Waals surface area contributed by atoms with Crippen molar-refractivity contribution >= 4 is 11.4 Å². The Hall–Kier alpha value is -2.54. The van der Waals surface area contributed by atoms with Gasteiger partial charge in [-0.15, -0.1) is 0 Å². The Balaban J connectivity index is 2.23. The lowest BCUT2D eigenvalue weighted by Crippen LogP contribution is -1.93. The predicted octanol–water partition coefficient (Wildman–Crippen LogP) is 3.45. The smallest absolute Gasteiger partial charge is 0.143 e. The maximum Gasteiger partial charge on any atom is 0.143 e. The quantitative estimate of drug-likeness (QED) is 0.896. The average Bonchev–Trinajstić information content (AvgIpc) is 2.39. The van der Waals surface area contributed by atoms with Crippen LogP contribution in [0.2, 0.25) is 0 Å². The zero-order chi connectivity index (χ0) is 13.0. The second-order valence-electron chi connectivity index (χ2n) is 3.66. The number of halogens is 1. The Morgan fingerprint density at radius 2 is 1.94 bits per heavy atom. The summed E-state index contributed by atoms with van der Waals surface area (Å²) in [7, 11) is 1.58. The lowest BCUT2D eigenvalue weighted by Gasteiger charge is -2.08. The van der Waals surface area contributed by atoms with E-state index < -0.39 is 5.82 Å². The first-order chi connectivity index (χ1) is 8.72. The van der Waals surface area contributed by atoms with E-state index >= 15 is 0 Å². The van der Waals surface area contributed by atoms with Crippen LogP contribution in [0.4, 0.5) is 15.8 Å². The van der Waals surface area contributed by atoms with E-state index in [0.29, 0.717) is 11.4 Å². The molecule has 0 fully saturated rings. The highest BCUT2D eigenvalue weighted by molar-refractivity contribution is 5.62. The van der Waals surface area contributed by atoms with Crippen LogP contribution in [0.1, 0.15) is 5.56 Å². The normalized spacial score (nSPS) is 9.61. The molecule has 0 aliphatic carbocycles. The lowest BCUT2D eigenvalue weighted by molar-refractivity contribution is 0.415. The third kappa shape index (κ3) is 2.58. The molecule has 4 heteroatoms. The molecular formula is C14H11FN2O. The van der Waals surface area contributed by atoms with Gasteiger partial charge in [0.05, 0.1) is 12.7 Å². The molecule has 0 aromatic heterocycles. The van der Waals surface area contributed by atoms with Gasteiger partial charge in [0.15, 0.2) is 0 Å². The van der Waals surface area contributed by atoms with Crippen molar-refractivity contribution < 1.29 is 9.13 Å². The largest absolute Gasteiger partial charge is 0.497 e. The molecule has 0 radical (unpaired) electrons.